The number of likely N-dealkylation sites (tertiary alicyclic amines) is 1. The molecule has 2 fully saturated rings. The monoisotopic (exact) mass is 435 g/mol. The highest BCUT2D eigenvalue weighted by atomic mass is 16.5. The summed E-state index contributed by atoms with van der Waals surface area (Å²) in [6.45, 7) is 3.84. The number of para-hydroxylation sites is 1. The Labute approximate surface area is 188 Å². The lowest BCUT2D eigenvalue weighted by atomic mass is 9.94. The number of amides is 1. The zero-order valence-corrected chi connectivity index (χ0v) is 18.7. The number of rotatable bonds is 6. The van der Waals surface area contributed by atoms with Gasteiger partial charge in [-0.25, -0.2) is 0 Å². The topological polar surface area (TPSA) is 76.1 Å². The van der Waals surface area contributed by atoms with Crippen molar-refractivity contribution >= 4 is 17.4 Å². The first kappa shape index (κ1) is 21.9. The molecular formula is C26H29NO5. The predicted octanol–water partition coefficient (Wildman–Crippen LogP) is 4.85. The fraction of sp³-hybridized carbons (Fsp3) is 0.385. The maximum absolute atomic E-state index is 13.3. The molecule has 2 aliphatic rings. The first-order valence-electron chi connectivity index (χ1n) is 11.1. The van der Waals surface area contributed by atoms with Gasteiger partial charge in [0.25, 0.3) is 11.7 Å². The average molecular weight is 436 g/mol. The van der Waals surface area contributed by atoms with Crippen LogP contribution in [0.15, 0.2) is 54.1 Å². The van der Waals surface area contributed by atoms with Gasteiger partial charge in [0.15, 0.2) is 0 Å². The largest absolute Gasteiger partial charge is 0.507 e. The van der Waals surface area contributed by atoms with E-state index in [4.69, 9.17) is 9.47 Å². The molecule has 0 radical (unpaired) electrons. The summed E-state index contributed by atoms with van der Waals surface area (Å²) in [6.07, 6.45) is 3.68. The molecular weight excluding hydrogens is 406 g/mol. The summed E-state index contributed by atoms with van der Waals surface area (Å²) in [5, 5.41) is 11.3. The van der Waals surface area contributed by atoms with Crippen LogP contribution in [0.5, 0.6) is 11.5 Å². The molecule has 1 atom stereocenters. The summed E-state index contributed by atoms with van der Waals surface area (Å²) in [5.41, 5.74) is 1.22. The Hall–Kier alpha value is -3.28. The van der Waals surface area contributed by atoms with Gasteiger partial charge in [-0.15, -0.1) is 0 Å². The number of hydrogen-bond donors (Lipinski definition) is 1. The highest BCUT2D eigenvalue weighted by molar-refractivity contribution is 6.46. The number of ketones is 1. The summed E-state index contributed by atoms with van der Waals surface area (Å²) in [6, 6.07) is 13.6. The van der Waals surface area contributed by atoms with E-state index in [0.29, 0.717) is 22.6 Å². The lowest BCUT2D eigenvalue weighted by Crippen LogP contribution is -2.37. The quantitative estimate of drug-likeness (QED) is 0.399. The van der Waals surface area contributed by atoms with Crippen molar-refractivity contribution in [2.24, 2.45) is 0 Å². The number of carbonyl (C=O) groups excluding carboxylic acids is 2. The predicted molar refractivity (Wildman–Crippen MR) is 122 cm³/mol. The lowest BCUT2D eigenvalue weighted by molar-refractivity contribution is -0.141. The van der Waals surface area contributed by atoms with Crippen LogP contribution in [0.1, 0.15) is 56.7 Å². The molecule has 0 aromatic heterocycles. The molecule has 1 saturated heterocycles. The third kappa shape index (κ3) is 3.97. The van der Waals surface area contributed by atoms with Gasteiger partial charge in [-0.1, -0.05) is 43.2 Å². The van der Waals surface area contributed by atoms with E-state index in [2.05, 4.69) is 0 Å². The fourth-order valence-electron chi connectivity index (χ4n) is 4.75. The van der Waals surface area contributed by atoms with E-state index in [1.165, 1.54) is 0 Å². The van der Waals surface area contributed by atoms with Crippen molar-refractivity contribution in [2.75, 3.05) is 7.11 Å². The zero-order valence-electron chi connectivity index (χ0n) is 18.7. The first-order chi connectivity index (χ1) is 15.4. The number of aliphatic hydroxyl groups excluding tert-OH is 1. The van der Waals surface area contributed by atoms with E-state index in [0.717, 1.165) is 25.7 Å². The molecule has 1 aliphatic carbocycles. The Kier molecular flexibility index (Phi) is 6.21. The zero-order chi connectivity index (χ0) is 22.8. The molecule has 1 aliphatic heterocycles. The molecule has 6 nitrogen and oxygen atoms in total. The molecule has 1 heterocycles. The van der Waals surface area contributed by atoms with E-state index in [-0.39, 0.29) is 23.5 Å². The second-order valence-corrected chi connectivity index (χ2v) is 8.58. The van der Waals surface area contributed by atoms with Crippen LogP contribution in [0.3, 0.4) is 0 Å². The normalized spacial score (nSPS) is 20.9. The summed E-state index contributed by atoms with van der Waals surface area (Å²) in [5.74, 6) is -0.272. The van der Waals surface area contributed by atoms with Gasteiger partial charge in [-0.3, -0.25) is 9.59 Å². The molecule has 2 aromatic rings. The molecule has 2 aromatic carbocycles. The van der Waals surface area contributed by atoms with Crippen LogP contribution < -0.4 is 9.47 Å². The van der Waals surface area contributed by atoms with Crippen molar-refractivity contribution in [1.82, 2.24) is 4.90 Å². The molecule has 0 spiro atoms. The van der Waals surface area contributed by atoms with Crippen molar-refractivity contribution < 1.29 is 24.2 Å². The number of hydrogen-bond acceptors (Lipinski definition) is 5. The smallest absolute Gasteiger partial charge is 0.295 e. The van der Waals surface area contributed by atoms with Crippen LogP contribution in [0.4, 0.5) is 0 Å². The minimum Gasteiger partial charge on any atom is -0.507 e. The molecule has 4 rings (SSSR count). The second kappa shape index (κ2) is 9.07. The van der Waals surface area contributed by atoms with Crippen LogP contribution in [0, 0.1) is 0 Å². The Bertz CT molecular complexity index is 1050. The third-order valence-electron chi connectivity index (χ3n) is 6.11. The van der Waals surface area contributed by atoms with Gasteiger partial charge in [-0.2, -0.15) is 0 Å². The number of carbonyl (C=O) groups is 2. The number of methoxy groups -OCH3 is 1. The van der Waals surface area contributed by atoms with E-state index in [1.54, 1.807) is 42.3 Å². The van der Waals surface area contributed by atoms with Gasteiger partial charge in [0, 0.05) is 17.2 Å². The summed E-state index contributed by atoms with van der Waals surface area (Å²) in [4.78, 5) is 28.1. The highest BCUT2D eigenvalue weighted by Gasteiger charge is 2.50. The van der Waals surface area contributed by atoms with Gasteiger partial charge in [0.1, 0.15) is 17.3 Å². The standard InChI is InChI=1S/C26H29NO5/c1-16(2)32-19-12-8-9-17(15-19)24(28)22-23(20-13-6-7-14-21(20)31-3)27(26(30)25(22)29)18-10-4-5-11-18/h6-9,12-16,18,23,28H,4-5,10-11H2,1-3H3/b24-22+. The van der Waals surface area contributed by atoms with E-state index in [9.17, 15) is 14.7 Å². The van der Waals surface area contributed by atoms with E-state index >= 15 is 0 Å². The number of aliphatic hydroxyl groups is 1. The Morgan fingerprint density at radius 1 is 1.06 bits per heavy atom. The third-order valence-corrected chi connectivity index (χ3v) is 6.11. The molecule has 168 valence electrons. The number of Topliss-reactive ketones (excluding diaryl/α,β-unsaturated/α-hetero) is 1. The Morgan fingerprint density at radius 2 is 1.78 bits per heavy atom. The van der Waals surface area contributed by atoms with Crippen LogP contribution in [0.2, 0.25) is 0 Å². The molecule has 1 N–H and O–H groups in total. The summed E-state index contributed by atoms with van der Waals surface area (Å²) >= 11 is 0. The molecule has 1 unspecified atom stereocenters. The van der Waals surface area contributed by atoms with Crippen molar-refractivity contribution in [3.8, 4) is 11.5 Å². The maximum atomic E-state index is 13.3. The van der Waals surface area contributed by atoms with Gasteiger partial charge in [-0.05, 0) is 44.9 Å². The fourth-order valence-corrected chi connectivity index (χ4v) is 4.75. The Morgan fingerprint density at radius 3 is 2.47 bits per heavy atom. The van der Waals surface area contributed by atoms with Crippen LogP contribution in [-0.2, 0) is 9.59 Å². The van der Waals surface area contributed by atoms with Crippen molar-refractivity contribution in [3.63, 3.8) is 0 Å². The van der Waals surface area contributed by atoms with Crippen LogP contribution in [-0.4, -0.2) is 41.0 Å². The summed E-state index contributed by atoms with van der Waals surface area (Å²) in [7, 11) is 1.56. The van der Waals surface area contributed by atoms with Crippen LogP contribution >= 0.6 is 0 Å². The highest BCUT2D eigenvalue weighted by Crippen LogP contribution is 2.46. The molecule has 1 saturated carbocycles. The molecule has 0 bridgehead atoms. The van der Waals surface area contributed by atoms with E-state index in [1.807, 2.05) is 32.0 Å². The number of ether oxygens (including phenoxy) is 2. The molecule has 32 heavy (non-hydrogen) atoms. The number of benzene rings is 2. The maximum Gasteiger partial charge on any atom is 0.295 e. The van der Waals surface area contributed by atoms with Gasteiger partial charge in [0.2, 0.25) is 0 Å². The lowest BCUT2D eigenvalue weighted by Gasteiger charge is -2.31. The first-order valence-corrected chi connectivity index (χ1v) is 11.1. The minimum atomic E-state index is -0.705. The molecule has 1 amide bonds. The SMILES string of the molecule is COc1ccccc1C1/C(=C(\O)c2cccc(OC(C)C)c2)C(=O)C(=O)N1C1CCCC1. The van der Waals surface area contributed by atoms with Gasteiger partial charge >= 0.3 is 0 Å². The summed E-state index contributed by atoms with van der Waals surface area (Å²) < 4.78 is 11.3. The molecule has 6 heteroatoms. The minimum absolute atomic E-state index is 0.0334. The van der Waals surface area contributed by atoms with Gasteiger partial charge in [0.05, 0.1) is 24.8 Å². The van der Waals surface area contributed by atoms with Crippen LogP contribution in [0.25, 0.3) is 5.76 Å². The van der Waals surface area contributed by atoms with Crippen molar-refractivity contribution in [2.45, 2.75) is 57.7 Å². The van der Waals surface area contributed by atoms with Gasteiger partial charge < -0.3 is 19.5 Å². The second-order valence-electron chi connectivity index (χ2n) is 8.58. The van der Waals surface area contributed by atoms with Crippen molar-refractivity contribution in [1.29, 1.82) is 0 Å². The average Bonchev–Trinajstić information content (AvgIpc) is 3.40. The Balaban J connectivity index is 1.88. The van der Waals surface area contributed by atoms with Crippen molar-refractivity contribution in [3.05, 3.63) is 65.2 Å². The van der Waals surface area contributed by atoms with E-state index < -0.39 is 17.7 Å². The number of nitrogens with zero attached hydrogens (tertiary/aromatic N) is 1.